The standard InChI is InChI=1S/C21H22F3NO4/c1-25-11-13(6-20(25)26)12-29-17-8-14(7-15(9-17)21(22,23)24)18-10-16(27-2)4-5-19(18)28-3/h4-5,7-10,13H,6,11-12H2,1-3H3. The van der Waals surface area contributed by atoms with Crippen LogP contribution in [0, 0.1) is 5.92 Å². The zero-order chi connectivity index (χ0) is 21.2. The monoisotopic (exact) mass is 409 g/mol. The summed E-state index contributed by atoms with van der Waals surface area (Å²) in [7, 11) is 4.62. The number of halogens is 3. The fourth-order valence-corrected chi connectivity index (χ4v) is 3.32. The third-order valence-corrected chi connectivity index (χ3v) is 4.86. The van der Waals surface area contributed by atoms with Crippen molar-refractivity contribution in [1.82, 2.24) is 4.90 Å². The summed E-state index contributed by atoms with van der Waals surface area (Å²) in [5.74, 6) is 0.940. The molecule has 0 aliphatic carbocycles. The highest BCUT2D eigenvalue weighted by Gasteiger charge is 2.32. The Labute approximate surface area is 167 Å². The van der Waals surface area contributed by atoms with Crippen LogP contribution < -0.4 is 14.2 Å². The molecule has 0 saturated carbocycles. The maximum absolute atomic E-state index is 13.5. The van der Waals surface area contributed by atoms with Crippen LogP contribution in [-0.4, -0.2) is 45.2 Å². The van der Waals surface area contributed by atoms with Crippen molar-refractivity contribution in [3.63, 3.8) is 0 Å². The van der Waals surface area contributed by atoms with Crippen molar-refractivity contribution in [3.8, 4) is 28.4 Å². The van der Waals surface area contributed by atoms with E-state index in [4.69, 9.17) is 14.2 Å². The number of ether oxygens (including phenoxy) is 3. The molecule has 0 aromatic heterocycles. The first-order valence-corrected chi connectivity index (χ1v) is 9.02. The molecule has 0 N–H and O–H groups in total. The number of hydrogen-bond donors (Lipinski definition) is 0. The lowest BCUT2D eigenvalue weighted by Crippen LogP contribution is -2.20. The summed E-state index contributed by atoms with van der Waals surface area (Å²) >= 11 is 0. The third-order valence-electron chi connectivity index (χ3n) is 4.86. The lowest BCUT2D eigenvalue weighted by atomic mass is 10.0. The lowest BCUT2D eigenvalue weighted by Gasteiger charge is -2.17. The summed E-state index contributed by atoms with van der Waals surface area (Å²) in [5, 5.41) is 0. The summed E-state index contributed by atoms with van der Waals surface area (Å²) < 4.78 is 56.6. The molecule has 1 heterocycles. The average molecular weight is 409 g/mol. The second-order valence-corrected chi connectivity index (χ2v) is 6.97. The average Bonchev–Trinajstić information content (AvgIpc) is 3.02. The van der Waals surface area contributed by atoms with Crippen LogP contribution in [-0.2, 0) is 11.0 Å². The van der Waals surface area contributed by atoms with E-state index in [9.17, 15) is 18.0 Å². The smallest absolute Gasteiger partial charge is 0.416 e. The predicted octanol–water partition coefficient (Wildman–Crippen LogP) is 4.25. The molecular formula is C21H22F3NO4. The Morgan fingerprint density at radius 3 is 2.41 bits per heavy atom. The molecule has 5 nitrogen and oxygen atoms in total. The van der Waals surface area contributed by atoms with E-state index < -0.39 is 11.7 Å². The van der Waals surface area contributed by atoms with Crippen molar-refractivity contribution in [2.45, 2.75) is 12.6 Å². The molecule has 1 unspecified atom stereocenters. The number of nitrogens with zero attached hydrogens (tertiary/aromatic N) is 1. The number of carbonyl (C=O) groups is 1. The van der Waals surface area contributed by atoms with Gasteiger partial charge in [-0.15, -0.1) is 0 Å². The maximum atomic E-state index is 13.5. The normalized spacial score (nSPS) is 16.8. The number of rotatable bonds is 6. The van der Waals surface area contributed by atoms with Crippen LogP contribution in [0.1, 0.15) is 12.0 Å². The van der Waals surface area contributed by atoms with Gasteiger partial charge in [0.2, 0.25) is 5.91 Å². The SMILES string of the molecule is COc1ccc(OC)c(-c2cc(OCC3CC(=O)N(C)C3)cc(C(F)(F)F)c2)c1. The summed E-state index contributed by atoms with van der Waals surface area (Å²) in [4.78, 5) is 13.2. The van der Waals surface area contributed by atoms with Crippen molar-refractivity contribution in [3.05, 3.63) is 42.0 Å². The van der Waals surface area contributed by atoms with Gasteiger partial charge in [-0.2, -0.15) is 13.2 Å². The van der Waals surface area contributed by atoms with E-state index in [-0.39, 0.29) is 24.2 Å². The number of amides is 1. The van der Waals surface area contributed by atoms with Gasteiger partial charge >= 0.3 is 6.18 Å². The molecule has 1 atom stereocenters. The van der Waals surface area contributed by atoms with Gasteiger partial charge in [-0.25, -0.2) is 0 Å². The summed E-state index contributed by atoms with van der Waals surface area (Å²) in [6.07, 6.45) is -4.21. The Kier molecular flexibility index (Phi) is 5.91. The lowest BCUT2D eigenvalue weighted by molar-refractivity contribution is -0.137. The number of likely N-dealkylation sites (tertiary alicyclic amines) is 1. The number of hydrogen-bond acceptors (Lipinski definition) is 4. The van der Waals surface area contributed by atoms with E-state index in [0.717, 1.165) is 12.1 Å². The predicted molar refractivity (Wildman–Crippen MR) is 101 cm³/mol. The van der Waals surface area contributed by atoms with Crippen LogP contribution in [0.5, 0.6) is 17.2 Å². The highest BCUT2D eigenvalue weighted by atomic mass is 19.4. The van der Waals surface area contributed by atoms with E-state index in [1.165, 1.54) is 20.3 Å². The van der Waals surface area contributed by atoms with Crippen molar-refractivity contribution in [2.75, 3.05) is 34.4 Å². The molecule has 1 aliphatic rings. The molecule has 3 rings (SSSR count). The second-order valence-electron chi connectivity index (χ2n) is 6.97. The van der Waals surface area contributed by atoms with Crippen molar-refractivity contribution >= 4 is 5.91 Å². The second kappa shape index (κ2) is 8.23. The quantitative estimate of drug-likeness (QED) is 0.716. The van der Waals surface area contributed by atoms with Crippen molar-refractivity contribution < 1.29 is 32.2 Å². The first-order chi connectivity index (χ1) is 13.7. The third kappa shape index (κ3) is 4.75. The van der Waals surface area contributed by atoms with Crippen molar-refractivity contribution in [2.24, 2.45) is 5.92 Å². The van der Waals surface area contributed by atoms with Crippen LogP contribution in [0.3, 0.4) is 0 Å². The van der Waals surface area contributed by atoms with E-state index >= 15 is 0 Å². The van der Waals surface area contributed by atoms with Gasteiger partial charge in [0.25, 0.3) is 0 Å². The molecular weight excluding hydrogens is 387 g/mol. The van der Waals surface area contributed by atoms with Gasteiger partial charge in [0, 0.05) is 31.5 Å². The Bertz CT molecular complexity index is 898. The number of benzene rings is 2. The Morgan fingerprint density at radius 1 is 1.07 bits per heavy atom. The topological polar surface area (TPSA) is 48.0 Å². The molecule has 1 fully saturated rings. The van der Waals surface area contributed by atoms with Gasteiger partial charge in [0.15, 0.2) is 0 Å². The minimum absolute atomic E-state index is 0.00412. The number of carbonyl (C=O) groups excluding carboxylic acids is 1. The minimum atomic E-state index is -4.54. The van der Waals surface area contributed by atoms with Crippen LogP contribution in [0.25, 0.3) is 11.1 Å². The zero-order valence-electron chi connectivity index (χ0n) is 16.4. The van der Waals surface area contributed by atoms with Gasteiger partial charge in [0.05, 0.1) is 26.4 Å². The molecule has 0 bridgehead atoms. The van der Waals surface area contributed by atoms with E-state index in [2.05, 4.69) is 0 Å². The van der Waals surface area contributed by atoms with Crippen LogP contribution >= 0.6 is 0 Å². The molecule has 8 heteroatoms. The number of alkyl halides is 3. The molecule has 2 aromatic carbocycles. The molecule has 1 aliphatic heterocycles. The highest BCUT2D eigenvalue weighted by molar-refractivity contribution is 5.78. The molecule has 1 amide bonds. The van der Waals surface area contributed by atoms with Crippen molar-refractivity contribution in [1.29, 1.82) is 0 Å². The summed E-state index contributed by atoms with van der Waals surface area (Å²) in [5.41, 5.74) is -0.0711. The van der Waals surface area contributed by atoms with Gasteiger partial charge in [0.1, 0.15) is 17.2 Å². The summed E-state index contributed by atoms with van der Waals surface area (Å²) in [6.45, 7) is 0.681. The Hall–Kier alpha value is -2.90. The maximum Gasteiger partial charge on any atom is 0.416 e. The van der Waals surface area contributed by atoms with Gasteiger partial charge in [-0.1, -0.05) is 0 Å². The highest BCUT2D eigenvalue weighted by Crippen LogP contribution is 2.39. The van der Waals surface area contributed by atoms with E-state index in [1.807, 2.05) is 0 Å². The van der Waals surface area contributed by atoms with E-state index in [0.29, 0.717) is 35.6 Å². The fraction of sp³-hybridized carbons (Fsp3) is 0.381. The molecule has 29 heavy (non-hydrogen) atoms. The molecule has 2 aromatic rings. The molecule has 0 spiro atoms. The largest absolute Gasteiger partial charge is 0.497 e. The fourth-order valence-electron chi connectivity index (χ4n) is 3.32. The van der Waals surface area contributed by atoms with Gasteiger partial charge < -0.3 is 19.1 Å². The van der Waals surface area contributed by atoms with Crippen LogP contribution in [0.4, 0.5) is 13.2 Å². The molecule has 156 valence electrons. The van der Waals surface area contributed by atoms with Crippen LogP contribution in [0.2, 0.25) is 0 Å². The minimum Gasteiger partial charge on any atom is -0.497 e. The van der Waals surface area contributed by atoms with Gasteiger partial charge in [-0.3, -0.25) is 4.79 Å². The van der Waals surface area contributed by atoms with Gasteiger partial charge in [-0.05, 0) is 42.0 Å². The summed E-state index contributed by atoms with van der Waals surface area (Å²) in [6, 6.07) is 8.47. The number of methoxy groups -OCH3 is 2. The zero-order valence-corrected chi connectivity index (χ0v) is 16.4. The Balaban J connectivity index is 1.96. The molecule has 0 radical (unpaired) electrons. The first-order valence-electron chi connectivity index (χ1n) is 9.02. The first kappa shape index (κ1) is 20.8. The molecule has 1 saturated heterocycles. The van der Waals surface area contributed by atoms with Crippen LogP contribution in [0.15, 0.2) is 36.4 Å². The Morgan fingerprint density at radius 2 is 1.83 bits per heavy atom. The van der Waals surface area contributed by atoms with E-state index in [1.54, 1.807) is 30.1 Å².